The van der Waals surface area contributed by atoms with Crippen LogP contribution in [0.15, 0.2) is 60.8 Å². The average Bonchev–Trinajstić information content (AvgIpc) is 3.35. The van der Waals surface area contributed by atoms with Gasteiger partial charge in [-0.3, -0.25) is 14.4 Å². The van der Waals surface area contributed by atoms with E-state index in [9.17, 15) is 14.4 Å². The number of carbonyl (C=O) groups excluding carboxylic acids is 3. The third kappa shape index (κ3) is 55.9. The van der Waals surface area contributed by atoms with E-state index in [0.717, 1.165) is 103 Å². The molecule has 0 bridgehead atoms. The van der Waals surface area contributed by atoms with Crippen LogP contribution < -0.4 is 0 Å². The van der Waals surface area contributed by atoms with E-state index in [1.807, 2.05) is 0 Å². The molecule has 0 saturated heterocycles. The third-order valence-corrected chi connectivity index (χ3v) is 13.0. The van der Waals surface area contributed by atoms with Crippen molar-refractivity contribution < 1.29 is 28.6 Å². The molecule has 0 saturated carbocycles. The summed E-state index contributed by atoms with van der Waals surface area (Å²) in [7, 11) is 0. The molecule has 1 atom stereocenters. The van der Waals surface area contributed by atoms with Crippen LogP contribution in [-0.2, 0) is 28.6 Å². The van der Waals surface area contributed by atoms with E-state index in [4.69, 9.17) is 14.2 Å². The second-order valence-electron chi connectivity index (χ2n) is 19.9. The minimum absolute atomic E-state index is 0.0839. The number of ether oxygens (including phenoxy) is 3. The first kappa shape index (κ1) is 66.1. The molecule has 0 radical (unpaired) electrons. The fraction of sp³-hybridized carbons (Fsp3) is 0.794. The van der Waals surface area contributed by atoms with Crippen LogP contribution >= 0.6 is 0 Å². The van der Waals surface area contributed by atoms with Gasteiger partial charge in [-0.25, -0.2) is 0 Å². The predicted molar refractivity (Wildman–Crippen MR) is 298 cm³/mol. The van der Waals surface area contributed by atoms with Gasteiger partial charge in [-0.15, -0.1) is 0 Å². The van der Waals surface area contributed by atoms with Crippen molar-refractivity contribution in [3.8, 4) is 0 Å². The summed E-state index contributed by atoms with van der Waals surface area (Å²) < 4.78 is 16.9. The molecule has 0 N–H and O–H groups in total. The Bertz CT molecular complexity index is 1250. The van der Waals surface area contributed by atoms with Crippen molar-refractivity contribution >= 4 is 17.9 Å². The van der Waals surface area contributed by atoms with Crippen molar-refractivity contribution in [1.29, 1.82) is 0 Å². The van der Waals surface area contributed by atoms with Gasteiger partial charge in [-0.2, -0.15) is 0 Å². The molecular formula is C63H112O6. The Morgan fingerprint density at radius 3 is 0.913 bits per heavy atom. The first-order chi connectivity index (χ1) is 34.0. The smallest absolute Gasteiger partial charge is 0.306 e. The monoisotopic (exact) mass is 965 g/mol. The van der Waals surface area contributed by atoms with Crippen molar-refractivity contribution in [3.05, 3.63) is 60.8 Å². The molecule has 0 heterocycles. The maximum Gasteiger partial charge on any atom is 0.306 e. The molecule has 0 aliphatic carbocycles. The summed E-state index contributed by atoms with van der Waals surface area (Å²) in [6, 6.07) is 0. The summed E-state index contributed by atoms with van der Waals surface area (Å²) in [5, 5.41) is 0. The lowest BCUT2D eigenvalue weighted by Crippen LogP contribution is -2.30. The van der Waals surface area contributed by atoms with Gasteiger partial charge in [-0.05, 0) is 83.5 Å². The minimum Gasteiger partial charge on any atom is -0.462 e. The van der Waals surface area contributed by atoms with Crippen LogP contribution in [-0.4, -0.2) is 37.2 Å². The molecule has 0 aromatic rings. The summed E-state index contributed by atoms with van der Waals surface area (Å²) in [6.45, 7) is 6.54. The van der Waals surface area contributed by atoms with E-state index in [0.29, 0.717) is 19.3 Å². The molecule has 69 heavy (non-hydrogen) atoms. The van der Waals surface area contributed by atoms with Gasteiger partial charge in [0.05, 0.1) is 0 Å². The molecule has 0 aromatic heterocycles. The summed E-state index contributed by atoms with van der Waals surface area (Å²) in [6.07, 6.45) is 72.1. The summed E-state index contributed by atoms with van der Waals surface area (Å²) >= 11 is 0. The highest BCUT2D eigenvalue weighted by molar-refractivity contribution is 5.71. The Balaban J connectivity index is 4.38. The van der Waals surface area contributed by atoms with Gasteiger partial charge in [0.1, 0.15) is 13.2 Å². The fourth-order valence-electron chi connectivity index (χ4n) is 8.55. The van der Waals surface area contributed by atoms with Crippen molar-refractivity contribution in [2.75, 3.05) is 13.2 Å². The number of hydrogen-bond acceptors (Lipinski definition) is 6. The van der Waals surface area contributed by atoms with Gasteiger partial charge >= 0.3 is 17.9 Å². The zero-order chi connectivity index (χ0) is 50.0. The number of unbranched alkanes of at least 4 members (excludes halogenated alkanes) is 33. The van der Waals surface area contributed by atoms with Gasteiger partial charge in [-0.1, -0.05) is 261 Å². The second-order valence-corrected chi connectivity index (χ2v) is 19.9. The maximum atomic E-state index is 12.9. The lowest BCUT2D eigenvalue weighted by atomic mass is 10.0. The molecule has 0 aromatic carbocycles. The quantitative estimate of drug-likeness (QED) is 0.0262. The van der Waals surface area contributed by atoms with Gasteiger partial charge in [0.25, 0.3) is 0 Å². The summed E-state index contributed by atoms with van der Waals surface area (Å²) in [5.74, 6) is -0.897. The van der Waals surface area contributed by atoms with E-state index in [1.165, 1.54) is 161 Å². The Hall–Kier alpha value is -2.89. The topological polar surface area (TPSA) is 78.9 Å². The molecule has 0 aliphatic heterocycles. The van der Waals surface area contributed by atoms with E-state index in [1.54, 1.807) is 0 Å². The highest BCUT2D eigenvalue weighted by Crippen LogP contribution is 2.16. The zero-order valence-electron chi connectivity index (χ0n) is 45.8. The first-order valence-electron chi connectivity index (χ1n) is 29.8. The Morgan fingerprint density at radius 2 is 0.565 bits per heavy atom. The number of hydrogen-bond donors (Lipinski definition) is 0. The number of esters is 3. The average molecular weight is 966 g/mol. The predicted octanol–water partition coefficient (Wildman–Crippen LogP) is 20.0. The number of allylic oxidation sites excluding steroid dienone is 10. The van der Waals surface area contributed by atoms with Crippen LogP contribution in [0.25, 0.3) is 0 Å². The molecule has 0 aliphatic rings. The van der Waals surface area contributed by atoms with Crippen LogP contribution in [0.1, 0.15) is 303 Å². The van der Waals surface area contributed by atoms with Gasteiger partial charge in [0, 0.05) is 19.3 Å². The van der Waals surface area contributed by atoms with Crippen LogP contribution in [0.2, 0.25) is 0 Å². The molecule has 0 amide bonds. The van der Waals surface area contributed by atoms with Crippen LogP contribution in [0.5, 0.6) is 0 Å². The Labute approximate surface area is 428 Å². The maximum absolute atomic E-state index is 12.9. The van der Waals surface area contributed by atoms with Gasteiger partial charge in [0.15, 0.2) is 6.10 Å². The van der Waals surface area contributed by atoms with Crippen molar-refractivity contribution in [3.63, 3.8) is 0 Å². The van der Waals surface area contributed by atoms with E-state index >= 15 is 0 Å². The Kier molecular flexibility index (Phi) is 55.3. The second kappa shape index (κ2) is 57.7. The zero-order valence-corrected chi connectivity index (χ0v) is 45.8. The molecule has 0 rings (SSSR count). The standard InChI is InChI=1S/C63H112O6/c1-4-7-10-13-16-19-22-25-28-30-32-34-35-38-41-44-47-50-53-56-62(65)68-59-60(58-67-61(64)55-52-49-46-43-40-37-27-24-21-18-15-12-9-6-3)69-63(66)57-54-51-48-45-42-39-36-33-31-29-26-23-20-17-14-11-8-5-2/h7,10,16,19,25,28,32,34,37,40,60H,4-6,8-9,11-15,17-18,20-24,26-27,29-31,33,35-36,38-39,41-59H2,1-3H3/b10-7-,19-16-,28-25-,34-32-,40-37-. The van der Waals surface area contributed by atoms with Crippen molar-refractivity contribution in [2.45, 2.75) is 309 Å². The molecule has 0 fully saturated rings. The number of rotatable bonds is 54. The highest BCUT2D eigenvalue weighted by atomic mass is 16.6. The lowest BCUT2D eigenvalue weighted by molar-refractivity contribution is -0.167. The molecule has 0 spiro atoms. The van der Waals surface area contributed by atoms with Crippen LogP contribution in [0.4, 0.5) is 0 Å². The molecule has 400 valence electrons. The molecule has 6 nitrogen and oxygen atoms in total. The highest BCUT2D eigenvalue weighted by Gasteiger charge is 2.19. The third-order valence-electron chi connectivity index (χ3n) is 13.0. The van der Waals surface area contributed by atoms with Gasteiger partial charge < -0.3 is 14.2 Å². The largest absolute Gasteiger partial charge is 0.462 e. The van der Waals surface area contributed by atoms with Crippen molar-refractivity contribution in [2.24, 2.45) is 0 Å². The summed E-state index contributed by atoms with van der Waals surface area (Å²) in [5.41, 5.74) is 0. The van der Waals surface area contributed by atoms with Gasteiger partial charge in [0.2, 0.25) is 0 Å². The summed E-state index contributed by atoms with van der Waals surface area (Å²) in [4.78, 5) is 38.2. The molecular weight excluding hydrogens is 853 g/mol. The Morgan fingerprint density at radius 1 is 0.304 bits per heavy atom. The lowest BCUT2D eigenvalue weighted by Gasteiger charge is -2.18. The van der Waals surface area contributed by atoms with E-state index in [2.05, 4.69) is 81.5 Å². The van der Waals surface area contributed by atoms with Crippen LogP contribution in [0, 0.1) is 0 Å². The van der Waals surface area contributed by atoms with E-state index < -0.39 is 6.10 Å². The normalized spacial score (nSPS) is 12.4. The SMILES string of the molecule is CC/C=C\C/C=C\C/C=C\C/C=C\CCCCCCCCC(=O)OCC(COC(=O)CCCCC/C=C\CCCCCCCCC)OC(=O)CCCCCCCCCCCCCCCCCCCC. The first-order valence-corrected chi connectivity index (χ1v) is 29.8. The van der Waals surface area contributed by atoms with E-state index in [-0.39, 0.29) is 31.1 Å². The van der Waals surface area contributed by atoms with Crippen molar-refractivity contribution in [1.82, 2.24) is 0 Å². The minimum atomic E-state index is -0.785. The fourth-order valence-corrected chi connectivity index (χ4v) is 8.55. The number of carbonyl (C=O) groups is 3. The van der Waals surface area contributed by atoms with Crippen LogP contribution in [0.3, 0.4) is 0 Å². The molecule has 1 unspecified atom stereocenters. The molecule has 6 heteroatoms.